The summed E-state index contributed by atoms with van der Waals surface area (Å²) in [6, 6.07) is 5.85. The maximum Gasteiger partial charge on any atom is 0.314 e. The van der Waals surface area contributed by atoms with E-state index in [0.29, 0.717) is 23.8 Å². The number of thiophene rings is 1. The van der Waals surface area contributed by atoms with Gasteiger partial charge in [0.15, 0.2) is 0 Å². The fraction of sp³-hybridized carbons (Fsp3) is 0.278. The Hall–Kier alpha value is -2.54. The minimum absolute atomic E-state index is 0.291. The molecule has 130 valence electrons. The van der Waals surface area contributed by atoms with Crippen molar-refractivity contribution in [1.29, 1.82) is 0 Å². The molecule has 1 N–H and O–H groups in total. The number of rotatable bonds is 5. The molecule has 0 aliphatic rings. The molecule has 7 heteroatoms. The first-order chi connectivity index (χ1) is 12.0. The lowest BCUT2D eigenvalue weighted by Crippen LogP contribution is -2.23. The third-order valence-corrected chi connectivity index (χ3v) is 4.95. The first-order valence-corrected chi connectivity index (χ1v) is 8.67. The molecule has 1 atom stereocenters. The van der Waals surface area contributed by atoms with Crippen molar-refractivity contribution in [3.63, 3.8) is 0 Å². The van der Waals surface area contributed by atoms with Crippen LogP contribution >= 0.6 is 11.3 Å². The van der Waals surface area contributed by atoms with E-state index in [0.717, 1.165) is 15.8 Å². The minimum atomic E-state index is -0.560. The van der Waals surface area contributed by atoms with Gasteiger partial charge in [-0.2, -0.15) is 0 Å². The number of aromatic nitrogens is 2. The molecule has 2 heterocycles. The van der Waals surface area contributed by atoms with E-state index >= 15 is 0 Å². The summed E-state index contributed by atoms with van der Waals surface area (Å²) in [4.78, 5) is 22.0. The van der Waals surface area contributed by atoms with Crippen LogP contribution in [0.3, 0.4) is 0 Å². The molecular formula is C18H18FN3O2S. The third kappa shape index (κ3) is 3.61. The summed E-state index contributed by atoms with van der Waals surface area (Å²) in [5.41, 5.74) is 1.77. The van der Waals surface area contributed by atoms with Crippen LogP contribution in [0, 0.1) is 19.7 Å². The maximum absolute atomic E-state index is 13.2. The maximum atomic E-state index is 13.2. The molecule has 1 aromatic carbocycles. The Kier molecular flexibility index (Phi) is 4.94. The summed E-state index contributed by atoms with van der Waals surface area (Å²) in [5.74, 6) is 0.0610. The number of benzene rings is 1. The standard InChI is InChI=1S/C18H18FN3O2S/c1-10-9-25-17-15(10)16(21-11(2)22-17)20-8-14(18(23)24-3)12-4-6-13(19)7-5-12/h4-7,9,14H,8H2,1-3H3,(H,20,21,22). The zero-order chi connectivity index (χ0) is 18.0. The minimum Gasteiger partial charge on any atom is -0.468 e. The van der Waals surface area contributed by atoms with Gasteiger partial charge >= 0.3 is 5.97 Å². The summed E-state index contributed by atoms with van der Waals surface area (Å²) in [6.45, 7) is 4.12. The number of hydrogen-bond acceptors (Lipinski definition) is 6. The molecule has 2 aromatic heterocycles. The Morgan fingerprint density at radius 2 is 2.00 bits per heavy atom. The molecule has 25 heavy (non-hydrogen) atoms. The van der Waals surface area contributed by atoms with E-state index in [9.17, 15) is 9.18 Å². The van der Waals surface area contributed by atoms with Gasteiger partial charge in [-0.15, -0.1) is 11.3 Å². The van der Waals surface area contributed by atoms with Crippen molar-refractivity contribution in [3.05, 3.63) is 52.4 Å². The van der Waals surface area contributed by atoms with Gasteiger partial charge in [-0.05, 0) is 42.5 Å². The predicted octanol–water partition coefficient (Wildman–Crippen LogP) is 3.82. The van der Waals surface area contributed by atoms with E-state index in [1.807, 2.05) is 19.2 Å². The molecule has 0 fully saturated rings. The monoisotopic (exact) mass is 359 g/mol. The number of methoxy groups -OCH3 is 1. The number of nitrogens with zero attached hydrogens (tertiary/aromatic N) is 2. The molecule has 0 saturated carbocycles. The number of fused-ring (bicyclic) bond motifs is 1. The van der Waals surface area contributed by atoms with Crippen LogP contribution in [-0.2, 0) is 9.53 Å². The van der Waals surface area contributed by atoms with E-state index in [4.69, 9.17) is 4.74 Å². The summed E-state index contributed by atoms with van der Waals surface area (Å²) in [7, 11) is 1.34. The SMILES string of the molecule is COC(=O)C(CNc1nc(C)nc2scc(C)c12)c1ccc(F)cc1. The fourth-order valence-corrected chi connectivity index (χ4v) is 3.66. The van der Waals surface area contributed by atoms with Crippen LogP contribution in [0.2, 0.25) is 0 Å². The van der Waals surface area contributed by atoms with Gasteiger partial charge in [-0.25, -0.2) is 14.4 Å². The largest absolute Gasteiger partial charge is 0.468 e. The summed E-state index contributed by atoms with van der Waals surface area (Å²) < 4.78 is 18.1. The van der Waals surface area contributed by atoms with Gasteiger partial charge in [0, 0.05) is 6.54 Å². The molecule has 1 unspecified atom stereocenters. The number of nitrogens with one attached hydrogen (secondary N) is 1. The molecule has 0 saturated heterocycles. The van der Waals surface area contributed by atoms with Gasteiger partial charge < -0.3 is 10.1 Å². The van der Waals surface area contributed by atoms with E-state index in [-0.39, 0.29) is 11.8 Å². The van der Waals surface area contributed by atoms with Crippen molar-refractivity contribution in [3.8, 4) is 0 Å². The van der Waals surface area contributed by atoms with E-state index < -0.39 is 5.92 Å². The number of hydrogen-bond donors (Lipinski definition) is 1. The van der Waals surface area contributed by atoms with E-state index in [1.165, 1.54) is 19.2 Å². The van der Waals surface area contributed by atoms with Gasteiger partial charge in [0.25, 0.3) is 0 Å². The lowest BCUT2D eigenvalue weighted by molar-refractivity contribution is -0.142. The Morgan fingerprint density at radius 3 is 2.68 bits per heavy atom. The second kappa shape index (κ2) is 7.14. The van der Waals surface area contributed by atoms with Gasteiger partial charge in [0.05, 0.1) is 18.4 Å². The molecule has 3 aromatic rings. The molecule has 0 aliphatic carbocycles. The van der Waals surface area contributed by atoms with Crippen molar-refractivity contribution in [1.82, 2.24) is 9.97 Å². The first-order valence-electron chi connectivity index (χ1n) is 7.79. The average Bonchev–Trinajstić information content (AvgIpc) is 2.97. The number of anilines is 1. The van der Waals surface area contributed by atoms with Crippen LogP contribution in [0.5, 0.6) is 0 Å². The summed E-state index contributed by atoms with van der Waals surface area (Å²) in [6.07, 6.45) is 0. The van der Waals surface area contributed by atoms with E-state index in [1.54, 1.807) is 23.5 Å². The van der Waals surface area contributed by atoms with Crippen molar-refractivity contribution in [2.45, 2.75) is 19.8 Å². The smallest absolute Gasteiger partial charge is 0.314 e. The highest BCUT2D eigenvalue weighted by Gasteiger charge is 2.22. The quantitative estimate of drug-likeness (QED) is 0.702. The highest BCUT2D eigenvalue weighted by atomic mass is 32.1. The lowest BCUT2D eigenvalue weighted by atomic mass is 9.99. The molecule has 5 nitrogen and oxygen atoms in total. The molecule has 0 bridgehead atoms. The van der Waals surface area contributed by atoms with Crippen LogP contribution in [0.1, 0.15) is 22.9 Å². The number of esters is 1. The average molecular weight is 359 g/mol. The Labute approximate surface area is 148 Å². The van der Waals surface area contributed by atoms with Gasteiger partial charge in [-0.1, -0.05) is 12.1 Å². The van der Waals surface area contributed by atoms with Crippen molar-refractivity contribution in [2.24, 2.45) is 0 Å². The normalized spacial score (nSPS) is 12.2. The number of carbonyl (C=O) groups is 1. The Bertz CT molecular complexity index is 909. The van der Waals surface area contributed by atoms with Crippen molar-refractivity contribution < 1.29 is 13.9 Å². The predicted molar refractivity (Wildman–Crippen MR) is 96.5 cm³/mol. The van der Waals surface area contributed by atoms with Crippen LogP contribution in [0.15, 0.2) is 29.6 Å². The molecule has 0 amide bonds. The van der Waals surface area contributed by atoms with Gasteiger partial charge in [-0.3, -0.25) is 4.79 Å². The Morgan fingerprint density at radius 1 is 1.28 bits per heavy atom. The molecule has 0 spiro atoms. The number of ether oxygens (including phenoxy) is 1. The summed E-state index contributed by atoms with van der Waals surface area (Å²) >= 11 is 1.56. The van der Waals surface area contributed by atoms with Crippen molar-refractivity contribution in [2.75, 3.05) is 19.0 Å². The van der Waals surface area contributed by atoms with Crippen molar-refractivity contribution >= 4 is 33.3 Å². The van der Waals surface area contributed by atoms with Gasteiger partial charge in [0.2, 0.25) is 0 Å². The lowest BCUT2D eigenvalue weighted by Gasteiger charge is -2.17. The summed E-state index contributed by atoms with van der Waals surface area (Å²) in [5, 5.41) is 6.23. The second-order valence-corrected chi connectivity index (χ2v) is 6.58. The van der Waals surface area contributed by atoms with Crippen LogP contribution < -0.4 is 5.32 Å². The van der Waals surface area contributed by atoms with E-state index in [2.05, 4.69) is 15.3 Å². The topological polar surface area (TPSA) is 64.1 Å². The highest BCUT2D eigenvalue weighted by Crippen LogP contribution is 2.30. The number of aryl methyl sites for hydroxylation is 2. The van der Waals surface area contributed by atoms with Crippen LogP contribution in [0.4, 0.5) is 10.2 Å². The third-order valence-electron chi connectivity index (χ3n) is 3.96. The Balaban J connectivity index is 1.90. The molecule has 0 radical (unpaired) electrons. The zero-order valence-corrected chi connectivity index (χ0v) is 15.0. The molecular weight excluding hydrogens is 341 g/mol. The highest BCUT2D eigenvalue weighted by molar-refractivity contribution is 7.17. The fourth-order valence-electron chi connectivity index (χ4n) is 2.69. The second-order valence-electron chi connectivity index (χ2n) is 5.73. The number of halogens is 1. The zero-order valence-electron chi connectivity index (χ0n) is 14.2. The van der Waals surface area contributed by atoms with Crippen LogP contribution in [-0.4, -0.2) is 29.6 Å². The first kappa shape index (κ1) is 17.3. The molecule has 0 aliphatic heterocycles. The number of carbonyl (C=O) groups excluding carboxylic acids is 1. The van der Waals surface area contributed by atoms with Gasteiger partial charge in [0.1, 0.15) is 22.3 Å². The van der Waals surface area contributed by atoms with Crippen LogP contribution in [0.25, 0.3) is 10.2 Å². The molecule has 3 rings (SSSR count).